The molecule has 1 aliphatic rings. The molecule has 1 saturated heterocycles. The van der Waals surface area contributed by atoms with Gasteiger partial charge in [-0.1, -0.05) is 47.6 Å². The van der Waals surface area contributed by atoms with Crippen LogP contribution in [0.1, 0.15) is 22.2 Å². The lowest BCUT2D eigenvalue weighted by molar-refractivity contribution is 0.0566. The van der Waals surface area contributed by atoms with E-state index >= 15 is 0 Å². The fraction of sp³-hybridized carbons (Fsp3) is 0.160. The van der Waals surface area contributed by atoms with E-state index in [0.717, 1.165) is 5.56 Å². The highest BCUT2D eigenvalue weighted by molar-refractivity contribution is 5.97. The Kier molecular flexibility index (Phi) is 5.29. The molecule has 32 heavy (non-hydrogen) atoms. The van der Waals surface area contributed by atoms with Crippen LogP contribution in [0.4, 0.5) is 0 Å². The van der Waals surface area contributed by atoms with Gasteiger partial charge in [0.2, 0.25) is 11.7 Å². The Hall–Kier alpha value is -4.13. The SMILES string of the molecule is COc1ccccc1-c1noc(C2CN(C(=O)c3ccccc3Oc3ccccc3)C2)n1. The number of hydrogen-bond acceptors (Lipinski definition) is 6. The third-order valence-corrected chi connectivity index (χ3v) is 5.40. The first-order chi connectivity index (χ1) is 15.7. The molecule has 1 fully saturated rings. The molecule has 7 nitrogen and oxygen atoms in total. The molecular formula is C25H21N3O4. The number of benzene rings is 3. The molecule has 3 aromatic carbocycles. The first-order valence-corrected chi connectivity index (χ1v) is 10.3. The van der Waals surface area contributed by atoms with Crippen molar-refractivity contribution in [2.75, 3.05) is 20.2 Å². The van der Waals surface area contributed by atoms with Crippen LogP contribution in [-0.2, 0) is 0 Å². The van der Waals surface area contributed by atoms with Crippen molar-refractivity contribution in [1.82, 2.24) is 15.0 Å². The minimum atomic E-state index is -0.0859. The molecule has 160 valence electrons. The molecule has 0 unspecified atom stereocenters. The summed E-state index contributed by atoms with van der Waals surface area (Å²) >= 11 is 0. The average molecular weight is 427 g/mol. The van der Waals surface area contributed by atoms with Gasteiger partial charge in [0.15, 0.2) is 0 Å². The molecule has 4 aromatic rings. The predicted octanol–water partition coefficient (Wildman–Crippen LogP) is 4.78. The normalized spacial score (nSPS) is 13.5. The van der Waals surface area contributed by atoms with E-state index < -0.39 is 0 Å². The smallest absolute Gasteiger partial charge is 0.257 e. The summed E-state index contributed by atoms with van der Waals surface area (Å²) in [7, 11) is 1.61. The molecule has 1 aliphatic heterocycles. The number of para-hydroxylation sites is 3. The van der Waals surface area contributed by atoms with Gasteiger partial charge in [-0.2, -0.15) is 4.98 Å². The van der Waals surface area contributed by atoms with E-state index in [1.807, 2.05) is 66.7 Å². The molecule has 0 atom stereocenters. The van der Waals surface area contributed by atoms with Gasteiger partial charge in [0, 0.05) is 13.1 Å². The van der Waals surface area contributed by atoms with E-state index in [1.54, 1.807) is 24.1 Å². The summed E-state index contributed by atoms with van der Waals surface area (Å²) in [6.45, 7) is 1.01. The Morgan fingerprint density at radius 2 is 1.62 bits per heavy atom. The number of methoxy groups -OCH3 is 1. The molecule has 0 spiro atoms. The quantitative estimate of drug-likeness (QED) is 0.441. The monoisotopic (exact) mass is 427 g/mol. The van der Waals surface area contributed by atoms with Gasteiger partial charge < -0.3 is 18.9 Å². The number of carbonyl (C=O) groups is 1. The van der Waals surface area contributed by atoms with E-state index in [9.17, 15) is 4.79 Å². The van der Waals surface area contributed by atoms with Gasteiger partial charge >= 0.3 is 0 Å². The van der Waals surface area contributed by atoms with Crippen LogP contribution in [0.15, 0.2) is 83.4 Å². The van der Waals surface area contributed by atoms with Gasteiger partial charge in [-0.15, -0.1) is 0 Å². The van der Waals surface area contributed by atoms with Crippen LogP contribution >= 0.6 is 0 Å². The molecule has 0 aliphatic carbocycles. The Balaban J connectivity index is 1.28. The van der Waals surface area contributed by atoms with Gasteiger partial charge in [0.05, 0.1) is 24.2 Å². The van der Waals surface area contributed by atoms with Crippen LogP contribution in [0.5, 0.6) is 17.2 Å². The molecule has 7 heteroatoms. The number of ether oxygens (including phenoxy) is 2. The molecule has 0 bridgehead atoms. The Labute approximate surface area is 185 Å². The number of aromatic nitrogens is 2. The van der Waals surface area contributed by atoms with Crippen LogP contribution < -0.4 is 9.47 Å². The van der Waals surface area contributed by atoms with Crippen LogP contribution in [-0.4, -0.2) is 41.1 Å². The fourth-order valence-electron chi connectivity index (χ4n) is 3.66. The summed E-state index contributed by atoms with van der Waals surface area (Å²) in [6.07, 6.45) is 0. The highest BCUT2D eigenvalue weighted by atomic mass is 16.5. The summed E-state index contributed by atoms with van der Waals surface area (Å²) in [4.78, 5) is 19.4. The first-order valence-electron chi connectivity index (χ1n) is 10.3. The lowest BCUT2D eigenvalue weighted by atomic mass is 9.98. The van der Waals surface area contributed by atoms with Gasteiger partial charge in [-0.25, -0.2) is 0 Å². The molecule has 5 rings (SSSR count). The summed E-state index contributed by atoms with van der Waals surface area (Å²) in [5.41, 5.74) is 1.29. The summed E-state index contributed by atoms with van der Waals surface area (Å²) in [5, 5.41) is 4.10. The van der Waals surface area contributed by atoms with Crippen molar-refractivity contribution >= 4 is 5.91 Å². The highest BCUT2D eigenvalue weighted by Gasteiger charge is 2.37. The summed E-state index contributed by atoms with van der Waals surface area (Å²) in [6, 6.07) is 24.2. The van der Waals surface area contributed by atoms with Crippen molar-refractivity contribution in [3.05, 3.63) is 90.3 Å². The van der Waals surface area contributed by atoms with E-state index in [2.05, 4.69) is 10.1 Å². The van der Waals surface area contributed by atoms with E-state index in [-0.39, 0.29) is 11.8 Å². The Morgan fingerprint density at radius 1 is 0.938 bits per heavy atom. The van der Waals surface area contributed by atoms with Crippen LogP contribution in [0, 0.1) is 0 Å². The zero-order chi connectivity index (χ0) is 21.9. The van der Waals surface area contributed by atoms with Crippen molar-refractivity contribution in [1.29, 1.82) is 0 Å². The van der Waals surface area contributed by atoms with Crippen molar-refractivity contribution < 1.29 is 18.8 Å². The molecule has 0 radical (unpaired) electrons. The molecule has 0 N–H and O–H groups in total. The van der Waals surface area contributed by atoms with Crippen molar-refractivity contribution in [2.24, 2.45) is 0 Å². The zero-order valence-electron chi connectivity index (χ0n) is 17.5. The second-order valence-electron chi connectivity index (χ2n) is 7.47. The van der Waals surface area contributed by atoms with Crippen LogP contribution in [0.3, 0.4) is 0 Å². The minimum absolute atomic E-state index is 0.00267. The zero-order valence-corrected chi connectivity index (χ0v) is 17.5. The predicted molar refractivity (Wildman–Crippen MR) is 118 cm³/mol. The average Bonchev–Trinajstić information content (AvgIpc) is 3.28. The van der Waals surface area contributed by atoms with Gasteiger partial charge in [0.1, 0.15) is 17.2 Å². The Morgan fingerprint density at radius 3 is 2.41 bits per heavy atom. The van der Waals surface area contributed by atoms with Gasteiger partial charge in [-0.05, 0) is 36.4 Å². The standard InChI is InChI=1S/C25H21N3O4/c1-30-21-13-7-5-11-19(21)23-26-24(32-27-23)17-15-28(16-17)25(29)20-12-6-8-14-22(20)31-18-9-3-2-4-10-18/h2-14,17H,15-16H2,1H3. The fourth-order valence-corrected chi connectivity index (χ4v) is 3.66. The molecule has 2 heterocycles. The lowest BCUT2D eigenvalue weighted by Crippen LogP contribution is -2.48. The van der Waals surface area contributed by atoms with Crippen LogP contribution in [0.2, 0.25) is 0 Å². The number of rotatable bonds is 6. The molecule has 0 saturated carbocycles. The van der Waals surface area contributed by atoms with E-state index in [4.69, 9.17) is 14.0 Å². The topological polar surface area (TPSA) is 77.7 Å². The van der Waals surface area contributed by atoms with Gasteiger partial charge in [0.25, 0.3) is 5.91 Å². The summed E-state index contributed by atoms with van der Waals surface area (Å²) < 4.78 is 16.8. The Bertz CT molecular complexity index is 1230. The number of amides is 1. The second-order valence-corrected chi connectivity index (χ2v) is 7.47. The molecule has 1 amide bonds. The maximum atomic E-state index is 13.1. The summed E-state index contributed by atoms with van der Waals surface area (Å²) in [5.74, 6) is 2.80. The maximum absolute atomic E-state index is 13.1. The third-order valence-electron chi connectivity index (χ3n) is 5.40. The van der Waals surface area contributed by atoms with Gasteiger partial charge in [-0.3, -0.25) is 4.79 Å². The van der Waals surface area contributed by atoms with Crippen molar-refractivity contribution in [2.45, 2.75) is 5.92 Å². The van der Waals surface area contributed by atoms with E-state index in [1.165, 1.54) is 0 Å². The number of nitrogens with zero attached hydrogens (tertiary/aromatic N) is 3. The number of likely N-dealkylation sites (tertiary alicyclic amines) is 1. The molecular weight excluding hydrogens is 406 g/mol. The van der Waals surface area contributed by atoms with Crippen LogP contribution in [0.25, 0.3) is 11.4 Å². The first kappa shape index (κ1) is 19.8. The number of hydrogen-bond donors (Lipinski definition) is 0. The largest absolute Gasteiger partial charge is 0.496 e. The highest BCUT2D eigenvalue weighted by Crippen LogP contribution is 2.33. The second kappa shape index (κ2) is 8.55. The van der Waals surface area contributed by atoms with Crippen molar-refractivity contribution in [3.8, 4) is 28.6 Å². The van der Waals surface area contributed by atoms with E-state index in [0.29, 0.717) is 47.6 Å². The molecule has 1 aromatic heterocycles. The lowest BCUT2D eigenvalue weighted by Gasteiger charge is -2.37. The minimum Gasteiger partial charge on any atom is -0.496 e. The number of carbonyl (C=O) groups excluding carboxylic acids is 1. The third kappa shape index (κ3) is 3.80. The maximum Gasteiger partial charge on any atom is 0.257 e. The van der Waals surface area contributed by atoms with Crippen molar-refractivity contribution in [3.63, 3.8) is 0 Å².